The molecular weight excluding hydrogens is 362 g/mol. The quantitative estimate of drug-likeness (QED) is 0.311. The van der Waals surface area contributed by atoms with Crippen LogP contribution >= 0.6 is 0 Å². The zero-order valence-electron chi connectivity index (χ0n) is 15.0. The summed E-state index contributed by atoms with van der Waals surface area (Å²) in [6.45, 7) is 2.79. The van der Waals surface area contributed by atoms with E-state index in [1.165, 1.54) is 12.1 Å². The number of carboxylic acid groups (broad SMARTS) is 2. The van der Waals surface area contributed by atoms with Gasteiger partial charge in [-0.3, -0.25) is 24.7 Å². The number of carbonyl (C=O) groups is 2. The number of benzene rings is 1. The van der Waals surface area contributed by atoms with Crippen LogP contribution in [0.15, 0.2) is 17.2 Å². The van der Waals surface area contributed by atoms with E-state index in [1.54, 1.807) is 6.92 Å². The van der Waals surface area contributed by atoms with Crippen LogP contribution in [0.5, 0.6) is 11.5 Å². The summed E-state index contributed by atoms with van der Waals surface area (Å²) < 4.78 is 10.8. The molecule has 0 aliphatic rings. The van der Waals surface area contributed by atoms with E-state index in [4.69, 9.17) is 19.7 Å². The van der Waals surface area contributed by atoms with E-state index in [0.29, 0.717) is 6.42 Å². The monoisotopic (exact) mass is 383 g/mol. The molecule has 0 aliphatic heterocycles. The van der Waals surface area contributed by atoms with Crippen LogP contribution in [0.1, 0.15) is 25.8 Å². The van der Waals surface area contributed by atoms with Crippen LogP contribution < -0.4 is 9.47 Å². The molecule has 0 unspecified atom stereocenters. The molecule has 148 valence electrons. The summed E-state index contributed by atoms with van der Waals surface area (Å²) in [7, 11) is 0. The van der Waals surface area contributed by atoms with Crippen molar-refractivity contribution < 1.29 is 34.2 Å². The average molecular weight is 383 g/mol. The van der Waals surface area contributed by atoms with Gasteiger partial charge in [0.1, 0.15) is 13.1 Å². The predicted molar refractivity (Wildman–Crippen MR) is 94.5 cm³/mol. The van der Waals surface area contributed by atoms with E-state index in [0.717, 1.165) is 11.2 Å². The number of ether oxygens (including phenoxy) is 2. The van der Waals surface area contributed by atoms with Crippen molar-refractivity contribution in [2.45, 2.75) is 20.3 Å². The second-order valence-corrected chi connectivity index (χ2v) is 5.26. The van der Waals surface area contributed by atoms with E-state index in [9.17, 15) is 19.7 Å². The smallest absolute Gasteiger partial charge is 0.324 e. The zero-order valence-corrected chi connectivity index (χ0v) is 15.0. The number of hydrogen-bond donors (Lipinski definition) is 2. The van der Waals surface area contributed by atoms with Gasteiger partial charge in [0.05, 0.1) is 24.4 Å². The minimum absolute atomic E-state index is 0.00576. The van der Waals surface area contributed by atoms with Crippen molar-refractivity contribution in [2.75, 3.05) is 26.3 Å². The molecule has 0 aromatic heterocycles. The highest BCUT2D eigenvalue weighted by Crippen LogP contribution is 2.38. The van der Waals surface area contributed by atoms with Crippen molar-refractivity contribution in [2.24, 2.45) is 5.10 Å². The number of aliphatic carboxylic acids is 2. The highest BCUT2D eigenvalue weighted by Gasteiger charge is 2.22. The van der Waals surface area contributed by atoms with Crippen molar-refractivity contribution in [3.05, 3.63) is 27.8 Å². The van der Waals surface area contributed by atoms with Crippen molar-refractivity contribution in [3.63, 3.8) is 0 Å². The normalized spacial score (nSPS) is 10.6. The number of hydrogen-bond acceptors (Lipinski definition) is 8. The Balaban J connectivity index is 3.27. The summed E-state index contributed by atoms with van der Waals surface area (Å²) in [5, 5.41) is 33.6. The van der Waals surface area contributed by atoms with Crippen molar-refractivity contribution in [1.29, 1.82) is 0 Å². The third-order valence-corrected chi connectivity index (χ3v) is 3.01. The number of nitrogens with zero attached hydrogens (tertiary/aromatic N) is 3. The Kier molecular flexibility index (Phi) is 8.49. The molecule has 0 saturated heterocycles. The minimum atomic E-state index is -1.27. The molecule has 0 heterocycles. The van der Waals surface area contributed by atoms with Crippen LogP contribution in [-0.2, 0) is 9.59 Å². The van der Waals surface area contributed by atoms with Gasteiger partial charge in [-0.25, -0.2) is 0 Å². The SMILES string of the molecule is CCCOc1c(OCC)cc(/C=N\N(CC(=O)O)CC(=O)O)cc1[N+](=O)[O-]. The van der Waals surface area contributed by atoms with Crippen LogP contribution in [0.3, 0.4) is 0 Å². The van der Waals surface area contributed by atoms with Crippen LogP contribution in [0.25, 0.3) is 0 Å². The van der Waals surface area contributed by atoms with E-state index in [1.807, 2.05) is 6.92 Å². The maximum Gasteiger partial charge on any atom is 0.324 e. The molecule has 0 radical (unpaired) electrons. The Morgan fingerprint density at radius 2 is 1.85 bits per heavy atom. The molecule has 1 rings (SSSR count). The van der Waals surface area contributed by atoms with Gasteiger partial charge in [0, 0.05) is 11.6 Å². The van der Waals surface area contributed by atoms with Crippen molar-refractivity contribution in [3.8, 4) is 11.5 Å². The van der Waals surface area contributed by atoms with Gasteiger partial charge in [0.15, 0.2) is 5.75 Å². The summed E-state index contributed by atoms with van der Waals surface area (Å²) in [5.74, 6) is -2.39. The Labute approximate surface area is 154 Å². The molecule has 1 aromatic rings. The first kappa shape index (κ1) is 21.7. The van der Waals surface area contributed by atoms with Gasteiger partial charge in [0.2, 0.25) is 5.75 Å². The van der Waals surface area contributed by atoms with Gasteiger partial charge < -0.3 is 19.7 Å². The highest BCUT2D eigenvalue weighted by molar-refractivity contribution is 5.83. The van der Waals surface area contributed by atoms with Gasteiger partial charge in [-0.1, -0.05) is 6.92 Å². The molecule has 0 saturated carbocycles. The first-order valence-corrected chi connectivity index (χ1v) is 8.09. The summed E-state index contributed by atoms with van der Waals surface area (Å²) in [5.41, 5.74) is -0.103. The van der Waals surface area contributed by atoms with E-state index < -0.39 is 30.0 Å². The fraction of sp³-hybridized carbons (Fsp3) is 0.438. The lowest BCUT2D eigenvalue weighted by molar-refractivity contribution is -0.386. The van der Waals surface area contributed by atoms with Gasteiger partial charge in [-0.2, -0.15) is 5.10 Å². The van der Waals surface area contributed by atoms with Crippen LogP contribution in [0.4, 0.5) is 5.69 Å². The Morgan fingerprint density at radius 3 is 2.33 bits per heavy atom. The molecule has 0 spiro atoms. The third kappa shape index (κ3) is 7.18. The number of rotatable bonds is 12. The fourth-order valence-electron chi connectivity index (χ4n) is 2.03. The molecule has 0 bridgehead atoms. The predicted octanol–water partition coefficient (Wildman–Crippen LogP) is 1.59. The largest absolute Gasteiger partial charge is 0.490 e. The summed E-state index contributed by atoms with van der Waals surface area (Å²) in [6, 6.07) is 2.64. The Morgan fingerprint density at radius 1 is 1.22 bits per heavy atom. The first-order valence-electron chi connectivity index (χ1n) is 8.09. The summed E-state index contributed by atoms with van der Waals surface area (Å²) >= 11 is 0. The van der Waals surface area contributed by atoms with Gasteiger partial charge >= 0.3 is 17.6 Å². The molecule has 1 aromatic carbocycles. The highest BCUT2D eigenvalue weighted by atomic mass is 16.6. The fourth-order valence-corrected chi connectivity index (χ4v) is 2.03. The Bertz CT molecular complexity index is 704. The van der Waals surface area contributed by atoms with Crippen LogP contribution in [0.2, 0.25) is 0 Å². The van der Waals surface area contributed by atoms with Crippen molar-refractivity contribution in [1.82, 2.24) is 5.01 Å². The lowest BCUT2D eigenvalue weighted by Crippen LogP contribution is -2.30. The molecule has 0 atom stereocenters. The molecule has 11 heteroatoms. The van der Waals surface area contributed by atoms with Gasteiger partial charge in [-0.05, 0) is 19.4 Å². The van der Waals surface area contributed by atoms with E-state index >= 15 is 0 Å². The van der Waals surface area contributed by atoms with Gasteiger partial charge in [-0.15, -0.1) is 0 Å². The third-order valence-electron chi connectivity index (χ3n) is 3.01. The molecule has 11 nitrogen and oxygen atoms in total. The topological polar surface area (TPSA) is 152 Å². The van der Waals surface area contributed by atoms with Gasteiger partial charge in [0.25, 0.3) is 0 Å². The number of nitro groups is 1. The second kappa shape index (κ2) is 10.6. The lowest BCUT2D eigenvalue weighted by Gasteiger charge is -2.14. The van der Waals surface area contributed by atoms with E-state index in [2.05, 4.69) is 5.10 Å². The Hall–Kier alpha value is -3.37. The van der Waals surface area contributed by atoms with Crippen molar-refractivity contribution >= 4 is 23.8 Å². The van der Waals surface area contributed by atoms with Crippen LogP contribution in [-0.4, -0.2) is 64.6 Å². The molecule has 0 fully saturated rings. The number of hydrazone groups is 1. The molecule has 0 aliphatic carbocycles. The minimum Gasteiger partial charge on any atom is -0.490 e. The summed E-state index contributed by atoms with van der Waals surface area (Å²) in [6.07, 6.45) is 1.77. The number of carboxylic acids is 2. The average Bonchev–Trinajstić information content (AvgIpc) is 2.57. The molecule has 2 N–H and O–H groups in total. The molecule has 0 amide bonds. The maximum absolute atomic E-state index is 11.4. The molecular formula is C16H21N3O8. The summed E-state index contributed by atoms with van der Waals surface area (Å²) in [4.78, 5) is 32.3. The van der Waals surface area contributed by atoms with E-state index in [-0.39, 0.29) is 36.0 Å². The first-order chi connectivity index (χ1) is 12.8. The molecule has 27 heavy (non-hydrogen) atoms. The zero-order chi connectivity index (χ0) is 20.4. The maximum atomic E-state index is 11.4. The number of nitro benzene ring substituents is 1. The standard InChI is InChI=1S/C16H21N3O8/c1-3-5-27-16-12(19(24)25)6-11(7-13(16)26-4-2)8-17-18(9-14(20)21)10-15(22)23/h6-8H,3-5,9-10H2,1-2H3,(H,20,21)(H,22,23)/b17-8-. The lowest BCUT2D eigenvalue weighted by atomic mass is 10.2. The van der Waals surface area contributed by atoms with Crippen LogP contribution in [0, 0.1) is 10.1 Å². The second-order valence-electron chi connectivity index (χ2n) is 5.26.